The number of nitrogens with zero attached hydrogens (tertiary/aromatic N) is 3. The van der Waals surface area contributed by atoms with Crippen molar-refractivity contribution < 1.29 is 19.1 Å². The number of ether oxygens (including phenoxy) is 2. The van der Waals surface area contributed by atoms with E-state index in [9.17, 15) is 9.59 Å². The fraction of sp³-hybridized carbons (Fsp3) is 0.304. The molecule has 1 saturated heterocycles. The van der Waals surface area contributed by atoms with Crippen LogP contribution in [0.15, 0.2) is 42.5 Å². The first-order chi connectivity index (χ1) is 16.1. The fourth-order valence-corrected chi connectivity index (χ4v) is 4.17. The largest absolute Gasteiger partial charge is 0.496 e. The number of aromatic nitrogens is 2. The molecule has 0 radical (unpaired) electrons. The minimum absolute atomic E-state index is 0.248. The molecule has 2 N–H and O–H groups in total. The third-order valence-corrected chi connectivity index (χ3v) is 5.90. The van der Waals surface area contributed by atoms with Gasteiger partial charge in [0, 0.05) is 42.3 Å². The van der Waals surface area contributed by atoms with E-state index in [1.807, 2.05) is 13.0 Å². The number of nitrogens with one attached hydrogen (secondary N) is 2. The Labute approximate surface area is 195 Å². The van der Waals surface area contributed by atoms with Gasteiger partial charge < -0.3 is 19.7 Å². The van der Waals surface area contributed by atoms with E-state index in [1.54, 1.807) is 36.4 Å². The zero-order valence-corrected chi connectivity index (χ0v) is 19.3. The quantitative estimate of drug-likeness (QED) is 0.509. The predicted octanol–water partition coefficient (Wildman–Crippen LogP) is 3.82. The van der Waals surface area contributed by atoms with E-state index in [0.29, 0.717) is 53.2 Å². The number of para-hydroxylation sites is 1. The third kappa shape index (κ3) is 5.29. The van der Waals surface area contributed by atoms with Crippen LogP contribution < -0.4 is 20.3 Å². The monoisotopic (exact) mass is 467 g/mol. The van der Waals surface area contributed by atoms with Gasteiger partial charge in [0.05, 0.1) is 31.6 Å². The van der Waals surface area contributed by atoms with Crippen molar-refractivity contribution in [2.24, 2.45) is 0 Å². The number of amides is 2. The highest BCUT2D eigenvalue weighted by Crippen LogP contribution is 2.29. The summed E-state index contributed by atoms with van der Waals surface area (Å²) in [7, 11) is 1.52. The molecule has 0 aliphatic carbocycles. The third-order valence-electron chi connectivity index (χ3n) is 5.23. The molecule has 10 heteroatoms. The number of carbonyl (C=O) groups is 2. The van der Waals surface area contributed by atoms with Crippen LogP contribution in [-0.4, -0.2) is 54.6 Å². The smallest absolute Gasteiger partial charge is 0.325 e. The highest BCUT2D eigenvalue weighted by atomic mass is 32.1. The summed E-state index contributed by atoms with van der Waals surface area (Å²) in [5.74, 6) is 0.884. The Bertz CT molecular complexity index is 1140. The number of rotatable bonds is 7. The summed E-state index contributed by atoms with van der Waals surface area (Å²) < 4.78 is 15.0. The summed E-state index contributed by atoms with van der Waals surface area (Å²) in [5, 5.41) is 5.87. The minimum Gasteiger partial charge on any atom is -0.496 e. The van der Waals surface area contributed by atoms with Gasteiger partial charge in [-0.1, -0.05) is 19.1 Å². The van der Waals surface area contributed by atoms with Gasteiger partial charge in [-0.25, -0.2) is 9.78 Å². The highest BCUT2D eigenvalue weighted by Gasteiger charge is 2.21. The number of morpholine rings is 1. The van der Waals surface area contributed by atoms with Crippen LogP contribution in [0.1, 0.15) is 28.7 Å². The van der Waals surface area contributed by atoms with Crippen molar-refractivity contribution in [3.8, 4) is 5.75 Å². The Morgan fingerprint density at radius 2 is 1.91 bits per heavy atom. The van der Waals surface area contributed by atoms with Crippen molar-refractivity contribution in [1.82, 2.24) is 9.36 Å². The van der Waals surface area contributed by atoms with Gasteiger partial charge in [0.2, 0.25) is 5.13 Å². The van der Waals surface area contributed by atoms with Gasteiger partial charge >= 0.3 is 6.03 Å². The average molecular weight is 468 g/mol. The summed E-state index contributed by atoms with van der Waals surface area (Å²) in [6.07, 6.45) is 0.681. The lowest BCUT2D eigenvalue weighted by atomic mass is 9.99. The normalized spacial score (nSPS) is 13.5. The number of hydrogen-bond donors (Lipinski definition) is 2. The zero-order chi connectivity index (χ0) is 23.2. The van der Waals surface area contributed by atoms with E-state index in [4.69, 9.17) is 9.47 Å². The van der Waals surface area contributed by atoms with Gasteiger partial charge in [0.1, 0.15) is 11.6 Å². The van der Waals surface area contributed by atoms with Crippen molar-refractivity contribution in [3.05, 3.63) is 59.4 Å². The van der Waals surface area contributed by atoms with Gasteiger partial charge in [-0.3, -0.25) is 10.1 Å². The van der Waals surface area contributed by atoms with Crippen molar-refractivity contribution in [2.75, 3.05) is 48.9 Å². The Balaban J connectivity index is 1.64. The first kappa shape index (κ1) is 22.7. The molecule has 172 valence electrons. The number of aryl methyl sites for hydroxylation is 1. The maximum atomic E-state index is 13.5. The Kier molecular flexibility index (Phi) is 7.16. The summed E-state index contributed by atoms with van der Waals surface area (Å²) in [4.78, 5) is 32.6. The number of hydrogen-bond acceptors (Lipinski definition) is 8. The molecule has 0 atom stereocenters. The second-order valence-electron chi connectivity index (χ2n) is 7.31. The molecule has 0 saturated carbocycles. The van der Waals surface area contributed by atoms with Gasteiger partial charge in [-0.2, -0.15) is 4.37 Å². The number of urea groups is 1. The molecule has 1 aliphatic rings. The molecule has 2 aromatic carbocycles. The second-order valence-corrected chi connectivity index (χ2v) is 8.06. The van der Waals surface area contributed by atoms with E-state index in [0.717, 1.165) is 30.3 Å². The van der Waals surface area contributed by atoms with Crippen LogP contribution >= 0.6 is 11.5 Å². The first-order valence-electron chi connectivity index (χ1n) is 10.6. The van der Waals surface area contributed by atoms with Crippen molar-refractivity contribution in [3.63, 3.8) is 0 Å². The predicted molar refractivity (Wildman–Crippen MR) is 128 cm³/mol. The molecule has 1 aromatic heterocycles. The van der Waals surface area contributed by atoms with Crippen LogP contribution in [0.5, 0.6) is 5.75 Å². The number of carbonyl (C=O) groups excluding carboxylic acids is 2. The zero-order valence-electron chi connectivity index (χ0n) is 18.5. The molecular formula is C23H25N5O4S. The summed E-state index contributed by atoms with van der Waals surface area (Å²) in [6.45, 7) is 4.65. The van der Waals surface area contributed by atoms with E-state index >= 15 is 0 Å². The minimum atomic E-state index is -0.498. The second kappa shape index (κ2) is 10.4. The molecule has 33 heavy (non-hydrogen) atoms. The number of benzene rings is 2. The van der Waals surface area contributed by atoms with Crippen molar-refractivity contribution >= 4 is 39.9 Å². The van der Waals surface area contributed by atoms with Gasteiger partial charge in [-0.15, -0.1) is 0 Å². The molecule has 2 heterocycles. The van der Waals surface area contributed by atoms with Crippen LogP contribution in [0, 0.1) is 0 Å². The molecule has 0 unspecified atom stereocenters. The molecule has 0 bridgehead atoms. The van der Waals surface area contributed by atoms with Crippen molar-refractivity contribution in [2.45, 2.75) is 13.3 Å². The molecule has 4 rings (SSSR count). The van der Waals surface area contributed by atoms with Crippen molar-refractivity contribution in [1.29, 1.82) is 0 Å². The molecule has 1 aliphatic heterocycles. The van der Waals surface area contributed by atoms with Crippen LogP contribution in [-0.2, 0) is 11.2 Å². The lowest BCUT2D eigenvalue weighted by Crippen LogP contribution is -2.36. The average Bonchev–Trinajstić information content (AvgIpc) is 3.31. The van der Waals surface area contributed by atoms with E-state index < -0.39 is 6.03 Å². The number of methoxy groups -OCH3 is 1. The molecular weight excluding hydrogens is 442 g/mol. The molecule has 2 amide bonds. The fourth-order valence-electron chi connectivity index (χ4n) is 3.52. The Morgan fingerprint density at radius 3 is 2.64 bits per heavy atom. The summed E-state index contributed by atoms with van der Waals surface area (Å²) in [6, 6.07) is 12.0. The van der Waals surface area contributed by atoms with E-state index in [1.165, 1.54) is 7.11 Å². The summed E-state index contributed by atoms with van der Waals surface area (Å²) >= 11 is 1.11. The maximum Gasteiger partial charge on any atom is 0.325 e. The molecule has 1 fully saturated rings. The lowest BCUT2D eigenvalue weighted by molar-refractivity contribution is 0.103. The van der Waals surface area contributed by atoms with Gasteiger partial charge in [0.15, 0.2) is 5.78 Å². The van der Waals surface area contributed by atoms with E-state index in [-0.39, 0.29) is 5.78 Å². The van der Waals surface area contributed by atoms with E-state index in [2.05, 4.69) is 24.9 Å². The Hall–Kier alpha value is -3.50. The van der Waals surface area contributed by atoms with Crippen LogP contribution in [0.25, 0.3) is 0 Å². The molecule has 9 nitrogen and oxygen atoms in total. The SMILES string of the molecule is CCc1nsc(NC(=O)Nc2ccc(N3CCOCC3)cc2C(=O)c2ccccc2OC)n1. The lowest BCUT2D eigenvalue weighted by Gasteiger charge is -2.29. The number of ketones is 1. The molecule has 0 spiro atoms. The maximum absolute atomic E-state index is 13.5. The van der Waals surface area contributed by atoms with Gasteiger partial charge in [0.25, 0.3) is 0 Å². The Morgan fingerprint density at radius 1 is 1.12 bits per heavy atom. The van der Waals surface area contributed by atoms with Crippen LogP contribution in [0.4, 0.5) is 21.3 Å². The van der Waals surface area contributed by atoms with Crippen LogP contribution in [0.3, 0.4) is 0 Å². The molecule has 3 aromatic rings. The van der Waals surface area contributed by atoms with Gasteiger partial charge in [-0.05, 0) is 30.3 Å². The number of anilines is 3. The highest BCUT2D eigenvalue weighted by molar-refractivity contribution is 7.09. The topological polar surface area (TPSA) is 106 Å². The standard InChI is InChI=1S/C23H25N5O4S/c1-3-20-25-23(33-27-20)26-22(30)24-18-9-8-15(28-10-12-32-13-11-28)14-17(18)21(29)16-6-4-5-7-19(16)31-2/h4-9,14H,3,10-13H2,1-2H3,(H2,24,25,26,27,30). The first-order valence-corrected chi connectivity index (χ1v) is 11.4. The summed E-state index contributed by atoms with van der Waals surface area (Å²) in [5.41, 5.74) is 2.06. The van der Waals surface area contributed by atoms with Crippen LogP contribution in [0.2, 0.25) is 0 Å².